The van der Waals surface area contributed by atoms with Gasteiger partial charge in [0, 0.05) is 5.56 Å². The zero-order valence-corrected chi connectivity index (χ0v) is 14.8. The van der Waals surface area contributed by atoms with Crippen LogP contribution in [0, 0.1) is 39.0 Å². The second-order valence-electron chi connectivity index (χ2n) is 6.25. The lowest BCUT2D eigenvalue weighted by Crippen LogP contribution is -1.89. The van der Waals surface area contributed by atoms with Crippen molar-refractivity contribution in [3.05, 3.63) is 70.1 Å². The maximum atomic E-state index is 9.53. The van der Waals surface area contributed by atoms with Crippen LogP contribution >= 0.6 is 0 Å². The average Bonchev–Trinajstić information content (AvgIpc) is 3.07. The zero-order valence-electron chi connectivity index (χ0n) is 14.8. The van der Waals surface area contributed by atoms with E-state index in [9.17, 15) is 5.26 Å². The smallest absolute Gasteiger partial charge is 0.268 e. The van der Waals surface area contributed by atoms with Gasteiger partial charge in [0.15, 0.2) is 0 Å². The SMILES string of the molecule is Cc1ccc(-c2noc(/C(C#N)=C/c3cc(C)c(C)cc3C)n2)cc1. The molecule has 4 nitrogen and oxygen atoms in total. The first kappa shape index (κ1) is 16.7. The van der Waals surface area contributed by atoms with E-state index in [1.165, 1.54) is 11.1 Å². The minimum Gasteiger partial charge on any atom is -0.333 e. The van der Waals surface area contributed by atoms with Gasteiger partial charge in [0.2, 0.25) is 5.82 Å². The van der Waals surface area contributed by atoms with E-state index in [1.54, 1.807) is 6.08 Å². The van der Waals surface area contributed by atoms with Gasteiger partial charge in [-0.05, 0) is 56.0 Å². The van der Waals surface area contributed by atoms with Crippen LogP contribution in [-0.2, 0) is 0 Å². The second-order valence-corrected chi connectivity index (χ2v) is 6.25. The van der Waals surface area contributed by atoms with Crippen molar-refractivity contribution in [3.63, 3.8) is 0 Å². The Labute approximate surface area is 147 Å². The molecule has 0 bridgehead atoms. The molecule has 1 heterocycles. The number of aromatic nitrogens is 2. The standard InChI is InChI=1S/C21H19N3O/c1-13-5-7-17(8-6-13)20-23-21(25-24-20)19(12-22)11-18-10-15(3)14(2)9-16(18)4/h5-11H,1-4H3/b19-11+. The molecule has 25 heavy (non-hydrogen) atoms. The van der Waals surface area contributed by atoms with E-state index < -0.39 is 0 Å². The Hall–Kier alpha value is -3.19. The Morgan fingerprint density at radius 3 is 2.36 bits per heavy atom. The van der Waals surface area contributed by atoms with Crippen molar-refractivity contribution in [3.8, 4) is 17.5 Å². The van der Waals surface area contributed by atoms with Crippen LogP contribution in [-0.4, -0.2) is 10.1 Å². The Balaban J connectivity index is 1.98. The molecular formula is C21H19N3O. The number of nitrogens with zero attached hydrogens (tertiary/aromatic N) is 3. The van der Waals surface area contributed by atoms with E-state index >= 15 is 0 Å². The quantitative estimate of drug-likeness (QED) is 0.632. The summed E-state index contributed by atoms with van der Waals surface area (Å²) in [7, 11) is 0. The van der Waals surface area contributed by atoms with Crippen LogP contribution < -0.4 is 0 Å². The molecule has 0 aliphatic heterocycles. The molecule has 4 heteroatoms. The normalized spacial score (nSPS) is 11.4. The third kappa shape index (κ3) is 3.51. The highest BCUT2D eigenvalue weighted by molar-refractivity contribution is 5.87. The summed E-state index contributed by atoms with van der Waals surface area (Å²) in [6.07, 6.45) is 1.80. The van der Waals surface area contributed by atoms with Gasteiger partial charge in [-0.25, -0.2) is 0 Å². The lowest BCUT2D eigenvalue weighted by molar-refractivity contribution is 0.409. The number of allylic oxidation sites excluding steroid dienone is 1. The van der Waals surface area contributed by atoms with Crippen LogP contribution in [0.5, 0.6) is 0 Å². The van der Waals surface area contributed by atoms with Crippen LogP contribution in [0.15, 0.2) is 40.9 Å². The van der Waals surface area contributed by atoms with Crippen LogP contribution in [0.1, 0.15) is 33.7 Å². The number of hydrogen-bond donors (Lipinski definition) is 0. The van der Waals surface area contributed by atoms with Gasteiger partial charge in [0.1, 0.15) is 11.6 Å². The minimum absolute atomic E-state index is 0.232. The van der Waals surface area contributed by atoms with Crippen molar-refractivity contribution >= 4 is 11.6 Å². The number of nitriles is 1. The van der Waals surface area contributed by atoms with Crippen molar-refractivity contribution in [1.29, 1.82) is 5.26 Å². The summed E-state index contributed by atoms with van der Waals surface area (Å²) in [6.45, 7) is 8.18. The molecule has 1 aromatic heterocycles. The lowest BCUT2D eigenvalue weighted by atomic mass is 9.99. The monoisotopic (exact) mass is 329 g/mol. The summed E-state index contributed by atoms with van der Waals surface area (Å²) >= 11 is 0. The molecule has 0 N–H and O–H groups in total. The summed E-state index contributed by atoms with van der Waals surface area (Å²) in [5.41, 5.74) is 6.88. The van der Waals surface area contributed by atoms with Gasteiger partial charge in [-0.3, -0.25) is 0 Å². The van der Waals surface area contributed by atoms with Crippen LogP contribution in [0.4, 0.5) is 0 Å². The molecule has 2 aromatic carbocycles. The van der Waals surface area contributed by atoms with Crippen LogP contribution in [0.2, 0.25) is 0 Å². The van der Waals surface area contributed by atoms with Gasteiger partial charge in [-0.2, -0.15) is 10.2 Å². The molecule has 3 aromatic rings. The Bertz CT molecular complexity index is 989. The Kier molecular flexibility index (Phi) is 4.49. The van der Waals surface area contributed by atoms with E-state index in [0.29, 0.717) is 11.4 Å². The highest BCUT2D eigenvalue weighted by Crippen LogP contribution is 2.23. The summed E-state index contributed by atoms with van der Waals surface area (Å²) in [4.78, 5) is 4.38. The highest BCUT2D eigenvalue weighted by atomic mass is 16.5. The van der Waals surface area contributed by atoms with Gasteiger partial charge in [-0.1, -0.05) is 47.1 Å². The second kappa shape index (κ2) is 6.74. The zero-order chi connectivity index (χ0) is 18.0. The van der Waals surface area contributed by atoms with Crippen LogP contribution in [0.3, 0.4) is 0 Å². The van der Waals surface area contributed by atoms with E-state index in [-0.39, 0.29) is 5.89 Å². The molecule has 124 valence electrons. The number of benzene rings is 2. The van der Waals surface area contributed by atoms with Crippen molar-refractivity contribution in [2.45, 2.75) is 27.7 Å². The topological polar surface area (TPSA) is 62.7 Å². The molecule has 0 aliphatic carbocycles. The van der Waals surface area contributed by atoms with Gasteiger partial charge in [0.05, 0.1) is 0 Å². The Morgan fingerprint density at radius 1 is 1.00 bits per heavy atom. The Morgan fingerprint density at radius 2 is 1.68 bits per heavy atom. The fourth-order valence-electron chi connectivity index (χ4n) is 2.59. The molecule has 0 saturated carbocycles. The van der Waals surface area contributed by atoms with Gasteiger partial charge < -0.3 is 4.52 Å². The fourth-order valence-corrected chi connectivity index (χ4v) is 2.59. The van der Waals surface area contributed by atoms with Gasteiger partial charge in [0.25, 0.3) is 5.89 Å². The predicted molar refractivity (Wildman–Crippen MR) is 98.6 cm³/mol. The summed E-state index contributed by atoms with van der Waals surface area (Å²) < 4.78 is 5.32. The molecular weight excluding hydrogens is 310 g/mol. The summed E-state index contributed by atoms with van der Waals surface area (Å²) in [6, 6.07) is 14.2. The van der Waals surface area contributed by atoms with E-state index in [4.69, 9.17) is 4.52 Å². The molecule has 0 atom stereocenters. The molecule has 3 rings (SSSR count). The average molecular weight is 329 g/mol. The number of aryl methyl sites for hydroxylation is 4. The minimum atomic E-state index is 0.232. The molecule has 0 saturated heterocycles. The molecule has 0 spiro atoms. The largest absolute Gasteiger partial charge is 0.333 e. The maximum Gasteiger partial charge on any atom is 0.268 e. The molecule has 0 unspecified atom stereocenters. The highest BCUT2D eigenvalue weighted by Gasteiger charge is 2.13. The predicted octanol–water partition coefficient (Wildman–Crippen LogP) is 5.03. The third-order valence-electron chi connectivity index (χ3n) is 4.27. The van der Waals surface area contributed by atoms with Crippen LogP contribution in [0.25, 0.3) is 23.0 Å². The van der Waals surface area contributed by atoms with E-state index in [1.807, 2.05) is 38.1 Å². The van der Waals surface area contributed by atoms with E-state index in [0.717, 1.165) is 22.3 Å². The van der Waals surface area contributed by atoms with E-state index in [2.05, 4.69) is 42.2 Å². The molecule has 0 amide bonds. The first-order valence-corrected chi connectivity index (χ1v) is 8.08. The van der Waals surface area contributed by atoms with Crippen molar-refractivity contribution in [2.75, 3.05) is 0 Å². The third-order valence-corrected chi connectivity index (χ3v) is 4.27. The molecule has 0 aliphatic rings. The summed E-state index contributed by atoms with van der Waals surface area (Å²) in [5.74, 6) is 0.712. The number of rotatable bonds is 3. The van der Waals surface area contributed by atoms with Crippen molar-refractivity contribution < 1.29 is 4.52 Å². The fraction of sp³-hybridized carbons (Fsp3) is 0.190. The van der Waals surface area contributed by atoms with Gasteiger partial charge in [-0.15, -0.1) is 0 Å². The molecule has 0 radical (unpaired) electrons. The maximum absolute atomic E-state index is 9.53. The summed E-state index contributed by atoms with van der Waals surface area (Å²) in [5, 5.41) is 13.5. The van der Waals surface area contributed by atoms with Crippen molar-refractivity contribution in [1.82, 2.24) is 10.1 Å². The molecule has 0 fully saturated rings. The lowest BCUT2D eigenvalue weighted by Gasteiger charge is -2.06. The number of hydrogen-bond acceptors (Lipinski definition) is 4. The van der Waals surface area contributed by atoms with Crippen molar-refractivity contribution in [2.24, 2.45) is 0 Å². The van der Waals surface area contributed by atoms with Gasteiger partial charge >= 0.3 is 0 Å². The first-order chi connectivity index (χ1) is 12.0. The first-order valence-electron chi connectivity index (χ1n) is 8.08.